The van der Waals surface area contributed by atoms with Gasteiger partial charge in [-0.1, -0.05) is 6.42 Å². The fourth-order valence-electron chi connectivity index (χ4n) is 3.23. The molecule has 7 heteroatoms. The maximum absolute atomic E-state index is 12.4. The van der Waals surface area contributed by atoms with Crippen molar-refractivity contribution < 1.29 is 19.2 Å². The lowest BCUT2D eigenvalue weighted by atomic mass is 9.66. The standard InChI is InChI=1S/C14H19N3O4/c18-10(16-7-2-1-3-8-16)9-17-12(20)14(5-4-6-14)11(19)15-13(17)21/h1-9H2,(H,15,19,21). The van der Waals surface area contributed by atoms with Gasteiger partial charge in [0.25, 0.3) is 0 Å². The summed E-state index contributed by atoms with van der Waals surface area (Å²) >= 11 is 0. The Hall–Kier alpha value is -1.92. The van der Waals surface area contributed by atoms with E-state index in [-0.39, 0.29) is 12.5 Å². The molecule has 2 heterocycles. The van der Waals surface area contributed by atoms with Gasteiger partial charge in [-0.3, -0.25) is 24.6 Å². The molecule has 2 saturated heterocycles. The fourth-order valence-corrected chi connectivity index (χ4v) is 3.23. The smallest absolute Gasteiger partial charge is 0.331 e. The summed E-state index contributed by atoms with van der Waals surface area (Å²) in [5.74, 6) is -1.24. The zero-order valence-electron chi connectivity index (χ0n) is 11.9. The molecule has 114 valence electrons. The van der Waals surface area contributed by atoms with Crippen LogP contribution in [0.25, 0.3) is 0 Å². The van der Waals surface area contributed by atoms with Crippen molar-refractivity contribution in [2.45, 2.75) is 38.5 Å². The molecular formula is C14H19N3O4. The van der Waals surface area contributed by atoms with Crippen LogP contribution in [-0.4, -0.2) is 53.2 Å². The van der Waals surface area contributed by atoms with Crippen molar-refractivity contribution in [2.24, 2.45) is 5.41 Å². The number of amides is 5. The Morgan fingerprint density at radius 3 is 2.29 bits per heavy atom. The molecule has 5 amide bonds. The number of nitrogens with zero attached hydrogens (tertiary/aromatic N) is 2. The molecule has 1 saturated carbocycles. The minimum absolute atomic E-state index is 0.220. The lowest BCUT2D eigenvalue weighted by molar-refractivity contribution is -0.159. The summed E-state index contributed by atoms with van der Waals surface area (Å²) in [7, 11) is 0. The minimum atomic E-state index is -1.10. The van der Waals surface area contributed by atoms with Crippen LogP contribution in [0, 0.1) is 5.41 Å². The minimum Gasteiger partial charge on any atom is -0.341 e. The van der Waals surface area contributed by atoms with Crippen LogP contribution in [0.5, 0.6) is 0 Å². The van der Waals surface area contributed by atoms with Gasteiger partial charge in [0.1, 0.15) is 12.0 Å². The van der Waals surface area contributed by atoms with E-state index >= 15 is 0 Å². The number of urea groups is 1. The van der Waals surface area contributed by atoms with Gasteiger partial charge < -0.3 is 4.90 Å². The molecule has 3 fully saturated rings. The summed E-state index contributed by atoms with van der Waals surface area (Å²) in [6, 6.07) is -0.770. The Bertz CT molecular complexity index is 506. The van der Waals surface area contributed by atoms with E-state index in [2.05, 4.69) is 5.32 Å². The molecule has 1 spiro atoms. The van der Waals surface area contributed by atoms with E-state index in [1.165, 1.54) is 0 Å². The first kappa shape index (κ1) is 14.0. The largest absolute Gasteiger partial charge is 0.341 e. The van der Waals surface area contributed by atoms with Gasteiger partial charge in [-0.2, -0.15) is 0 Å². The van der Waals surface area contributed by atoms with Crippen molar-refractivity contribution in [1.29, 1.82) is 0 Å². The maximum Gasteiger partial charge on any atom is 0.331 e. The van der Waals surface area contributed by atoms with Crippen molar-refractivity contribution in [3.8, 4) is 0 Å². The van der Waals surface area contributed by atoms with Gasteiger partial charge in [-0.05, 0) is 32.1 Å². The molecule has 0 aromatic heterocycles. The predicted molar refractivity (Wildman–Crippen MR) is 72.0 cm³/mol. The van der Waals surface area contributed by atoms with E-state index in [1.54, 1.807) is 4.90 Å². The molecule has 0 aromatic rings. The molecule has 0 aromatic carbocycles. The van der Waals surface area contributed by atoms with Gasteiger partial charge >= 0.3 is 6.03 Å². The fraction of sp³-hybridized carbons (Fsp3) is 0.714. The highest BCUT2D eigenvalue weighted by Crippen LogP contribution is 2.44. The van der Waals surface area contributed by atoms with E-state index in [0.29, 0.717) is 25.9 Å². The zero-order chi connectivity index (χ0) is 15.0. The second-order valence-corrected chi connectivity index (χ2v) is 6.03. The van der Waals surface area contributed by atoms with Crippen molar-refractivity contribution >= 4 is 23.8 Å². The lowest BCUT2D eigenvalue weighted by Gasteiger charge is -2.44. The first-order valence-electron chi connectivity index (χ1n) is 7.50. The van der Waals surface area contributed by atoms with Crippen LogP contribution >= 0.6 is 0 Å². The number of barbiturate groups is 1. The van der Waals surface area contributed by atoms with Crippen LogP contribution in [0.2, 0.25) is 0 Å². The summed E-state index contributed by atoms with van der Waals surface area (Å²) in [6.07, 6.45) is 4.72. The molecule has 1 aliphatic carbocycles. The Kier molecular flexibility index (Phi) is 3.43. The SMILES string of the molecule is O=C(CN1C(=O)NC(=O)C2(CCC2)C1=O)N1CCCCC1. The molecule has 7 nitrogen and oxygen atoms in total. The van der Waals surface area contributed by atoms with E-state index < -0.39 is 23.3 Å². The van der Waals surface area contributed by atoms with Crippen LogP contribution in [0.3, 0.4) is 0 Å². The predicted octanol–water partition coefficient (Wildman–Crippen LogP) is 0.248. The molecule has 0 atom stereocenters. The lowest BCUT2D eigenvalue weighted by Crippen LogP contribution is -2.67. The Morgan fingerprint density at radius 2 is 1.71 bits per heavy atom. The number of imide groups is 2. The number of likely N-dealkylation sites (tertiary alicyclic amines) is 1. The molecule has 1 N–H and O–H groups in total. The second-order valence-electron chi connectivity index (χ2n) is 6.03. The molecule has 2 aliphatic heterocycles. The molecular weight excluding hydrogens is 274 g/mol. The van der Waals surface area contributed by atoms with Crippen LogP contribution in [-0.2, 0) is 14.4 Å². The summed E-state index contributed by atoms with van der Waals surface area (Å²) in [5.41, 5.74) is -1.10. The number of rotatable bonds is 2. The molecule has 0 bridgehead atoms. The Balaban J connectivity index is 1.71. The molecule has 3 rings (SSSR count). The van der Waals surface area contributed by atoms with Gasteiger partial charge in [0.05, 0.1) is 0 Å². The zero-order valence-corrected chi connectivity index (χ0v) is 11.9. The third kappa shape index (κ3) is 2.20. The Labute approximate surface area is 122 Å². The highest BCUT2D eigenvalue weighted by atomic mass is 16.2. The van der Waals surface area contributed by atoms with Crippen LogP contribution in [0.15, 0.2) is 0 Å². The van der Waals surface area contributed by atoms with E-state index in [9.17, 15) is 19.2 Å². The third-order valence-corrected chi connectivity index (χ3v) is 4.76. The van der Waals surface area contributed by atoms with Crippen molar-refractivity contribution in [3.05, 3.63) is 0 Å². The maximum atomic E-state index is 12.4. The Morgan fingerprint density at radius 1 is 1.05 bits per heavy atom. The van der Waals surface area contributed by atoms with Gasteiger partial charge in [0.15, 0.2) is 0 Å². The average Bonchev–Trinajstić information content (AvgIpc) is 2.42. The molecule has 21 heavy (non-hydrogen) atoms. The highest BCUT2D eigenvalue weighted by Gasteiger charge is 2.57. The molecule has 0 radical (unpaired) electrons. The number of hydrogen-bond donors (Lipinski definition) is 1. The quantitative estimate of drug-likeness (QED) is 0.739. The summed E-state index contributed by atoms with van der Waals surface area (Å²) < 4.78 is 0. The third-order valence-electron chi connectivity index (χ3n) is 4.76. The van der Waals surface area contributed by atoms with Crippen molar-refractivity contribution in [2.75, 3.05) is 19.6 Å². The first-order valence-corrected chi connectivity index (χ1v) is 7.50. The molecule has 0 unspecified atom stereocenters. The van der Waals surface area contributed by atoms with E-state index in [4.69, 9.17) is 0 Å². The monoisotopic (exact) mass is 293 g/mol. The second kappa shape index (κ2) is 5.13. The van der Waals surface area contributed by atoms with Gasteiger partial charge in [0, 0.05) is 13.1 Å². The van der Waals surface area contributed by atoms with Crippen LogP contribution < -0.4 is 5.32 Å². The van der Waals surface area contributed by atoms with Crippen LogP contribution in [0.1, 0.15) is 38.5 Å². The van der Waals surface area contributed by atoms with E-state index in [1.807, 2.05) is 0 Å². The van der Waals surface area contributed by atoms with Crippen molar-refractivity contribution in [1.82, 2.24) is 15.1 Å². The first-order chi connectivity index (χ1) is 10.0. The normalized spacial score (nSPS) is 24.9. The number of nitrogens with one attached hydrogen (secondary N) is 1. The summed E-state index contributed by atoms with van der Waals surface area (Å²) in [4.78, 5) is 51.0. The van der Waals surface area contributed by atoms with Crippen LogP contribution in [0.4, 0.5) is 4.79 Å². The number of piperidine rings is 1. The van der Waals surface area contributed by atoms with Gasteiger partial charge in [-0.15, -0.1) is 0 Å². The van der Waals surface area contributed by atoms with Crippen molar-refractivity contribution in [3.63, 3.8) is 0 Å². The number of hydrogen-bond acceptors (Lipinski definition) is 4. The topological polar surface area (TPSA) is 86.8 Å². The van der Waals surface area contributed by atoms with E-state index in [0.717, 1.165) is 30.6 Å². The average molecular weight is 293 g/mol. The highest BCUT2D eigenvalue weighted by molar-refractivity contribution is 6.20. The number of carbonyl (C=O) groups is 4. The number of carbonyl (C=O) groups excluding carboxylic acids is 4. The van der Waals surface area contributed by atoms with Gasteiger partial charge in [-0.25, -0.2) is 4.79 Å². The summed E-state index contributed by atoms with van der Waals surface area (Å²) in [6.45, 7) is 1.08. The van der Waals surface area contributed by atoms with Gasteiger partial charge in [0.2, 0.25) is 17.7 Å². The molecule has 3 aliphatic rings. The summed E-state index contributed by atoms with van der Waals surface area (Å²) in [5, 5.41) is 2.22.